The topological polar surface area (TPSA) is 80.3 Å². The highest BCUT2D eigenvalue weighted by Crippen LogP contribution is 2.48. The molecule has 0 atom stereocenters. The number of carbonyl (C=O) groups is 2. The average molecular weight is 803 g/mol. The van der Waals surface area contributed by atoms with Gasteiger partial charge >= 0.3 is 11.9 Å². The molecule has 2 saturated carbocycles. The van der Waals surface area contributed by atoms with E-state index in [0.29, 0.717) is 18.4 Å². The van der Waals surface area contributed by atoms with Gasteiger partial charge in [-0.3, -0.25) is 0 Å². The van der Waals surface area contributed by atoms with Crippen LogP contribution < -0.4 is 14.2 Å². The van der Waals surface area contributed by atoms with Gasteiger partial charge in [-0.1, -0.05) is 99.2 Å². The number of ether oxygens (including phenoxy) is 5. The minimum atomic E-state index is -0.597. The number of esters is 2. The minimum Gasteiger partial charge on any atom is -0.489 e. The first-order valence-electron chi connectivity index (χ1n) is 21.9. The van der Waals surface area contributed by atoms with Gasteiger partial charge in [-0.05, 0) is 150 Å². The summed E-state index contributed by atoms with van der Waals surface area (Å²) in [5.41, 5.74) is 7.74. The van der Waals surface area contributed by atoms with Crippen LogP contribution in [0.5, 0.6) is 17.2 Å². The number of aryl methyl sites for hydroxylation is 2. The average Bonchev–Trinajstić information content (AvgIpc) is 3.20. The number of hydrogen-bond acceptors (Lipinski definition) is 7. The van der Waals surface area contributed by atoms with E-state index in [-0.39, 0.29) is 31.1 Å². The van der Waals surface area contributed by atoms with Crippen molar-refractivity contribution in [3.05, 3.63) is 123 Å². The monoisotopic (exact) mass is 802 g/mol. The van der Waals surface area contributed by atoms with Crippen LogP contribution in [0, 0.1) is 13.8 Å². The molecule has 59 heavy (non-hydrogen) atoms. The SMILES string of the molecule is Cc1cc(OCC(=O)OC(C)(C)C)c(C2CCCCC2)cc1C(c1cc(C2CCCCC2)c(OCC(=O)OC(C)(C)C)cc1C)c1ccccc1OCc1ccccc1. The third-order valence-corrected chi connectivity index (χ3v) is 11.5. The molecule has 0 aliphatic heterocycles. The number of hydrogen-bond donors (Lipinski definition) is 0. The van der Waals surface area contributed by atoms with Crippen molar-refractivity contribution in [1.82, 2.24) is 0 Å². The zero-order chi connectivity index (χ0) is 42.2. The smallest absolute Gasteiger partial charge is 0.344 e. The standard InChI is InChI=1S/C52H66O7/c1-35-28-46(56-33-48(53)58-51(3,4)5)43(38-22-14-10-15-23-38)30-41(35)50(40-26-18-19-27-45(40)55-32-37-20-12-9-13-21-37)42-31-44(39-24-16-11-17-25-39)47(29-36(42)2)57-34-49(54)59-52(6,7)8/h9,12-13,18-21,26-31,38-39,50H,10-11,14-17,22-25,32-34H2,1-8H3. The summed E-state index contributed by atoms with van der Waals surface area (Å²) in [6.45, 7) is 15.7. The highest BCUT2D eigenvalue weighted by molar-refractivity contribution is 5.72. The molecular formula is C52H66O7. The molecule has 0 N–H and O–H groups in total. The van der Waals surface area contributed by atoms with Crippen LogP contribution in [0.15, 0.2) is 78.9 Å². The van der Waals surface area contributed by atoms with Crippen molar-refractivity contribution in [3.8, 4) is 17.2 Å². The van der Waals surface area contributed by atoms with E-state index in [1.807, 2.05) is 65.8 Å². The largest absolute Gasteiger partial charge is 0.489 e. The normalized spacial score (nSPS) is 15.5. The summed E-state index contributed by atoms with van der Waals surface area (Å²) in [7, 11) is 0. The highest BCUT2D eigenvalue weighted by Gasteiger charge is 2.31. The molecule has 2 aliphatic carbocycles. The van der Waals surface area contributed by atoms with Crippen molar-refractivity contribution < 1.29 is 33.3 Å². The Kier molecular flexibility index (Phi) is 14.5. The van der Waals surface area contributed by atoms with Crippen molar-refractivity contribution in [2.75, 3.05) is 13.2 Å². The van der Waals surface area contributed by atoms with E-state index in [1.165, 1.54) is 24.0 Å². The van der Waals surface area contributed by atoms with Crippen LogP contribution in [0.3, 0.4) is 0 Å². The van der Waals surface area contributed by atoms with E-state index in [9.17, 15) is 9.59 Å². The maximum absolute atomic E-state index is 12.9. The van der Waals surface area contributed by atoms with Crippen LogP contribution in [0.1, 0.15) is 168 Å². The Morgan fingerprint density at radius 3 is 1.44 bits per heavy atom. The summed E-state index contributed by atoms with van der Waals surface area (Å²) in [6.07, 6.45) is 11.4. The number of benzene rings is 4. The van der Waals surface area contributed by atoms with Gasteiger partial charge in [0.05, 0.1) is 0 Å². The lowest BCUT2D eigenvalue weighted by molar-refractivity contribution is -0.158. The van der Waals surface area contributed by atoms with Gasteiger partial charge in [-0.25, -0.2) is 9.59 Å². The third-order valence-electron chi connectivity index (χ3n) is 11.5. The van der Waals surface area contributed by atoms with Crippen LogP contribution in [0.4, 0.5) is 0 Å². The summed E-state index contributed by atoms with van der Waals surface area (Å²) in [4.78, 5) is 25.9. The van der Waals surface area contributed by atoms with Crippen molar-refractivity contribution in [2.24, 2.45) is 0 Å². The van der Waals surface area contributed by atoms with E-state index in [2.05, 4.69) is 68.4 Å². The summed E-state index contributed by atoms with van der Waals surface area (Å²) in [5.74, 6) is 1.99. The molecule has 0 heterocycles. The summed E-state index contributed by atoms with van der Waals surface area (Å²) >= 11 is 0. The third kappa shape index (κ3) is 12.1. The van der Waals surface area contributed by atoms with Gasteiger partial charge in [-0.15, -0.1) is 0 Å². The maximum Gasteiger partial charge on any atom is 0.344 e. The molecule has 7 nitrogen and oxygen atoms in total. The van der Waals surface area contributed by atoms with Gasteiger partial charge in [-0.2, -0.15) is 0 Å². The van der Waals surface area contributed by atoms with Gasteiger partial charge < -0.3 is 23.7 Å². The van der Waals surface area contributed by atoms with E-state index in [4.69, 9.17) is 23.7 Å². The first-order valence-corrected chi connectivity index (χ1v) is 21.9. The summed E-state index contributed by atoms with van der Waals surface area (Å²) < 4.78 is 30.8. The van der Waals surface area contributed by atoms with Crippen LogP contribution in [0.2, 0.25) is 0 Å². The van der Waals surface area contributed by atoms with Crippen LogP contribution in [-0.2, 0) is 25.7 Å². The summed E-state index contributed by atoms with van der Waals surface area (Å²) in [6, 6.07) is 27.7. The predicted octanol–water partition coefficient (Wildman–Crippen LogP) is 12.6. The Morgan fingerprint density at radius 1 is 0.542 bits per heavy atom. The van der Waals surface area contributed by atoms with Crippen LogP contribution in [-0.4, -0.2) is 36.4 Å². The molecule has 0 amide bonds. The van der Waals surface area contributed by atoms with Gasteiger partial charge in [0.15, 0.2) is 13.2 Å². The molecule has 4 aromatic carbocycles. The zero-order valence-electron chi connectivity index (χ0n) is 36.8. The Bertz CT molecular complexity index is 1920. The molecule has 2 aliphatic rings. The molecule has 0 radical (unpaired) electrons. The van der Waals surface area contributed by atoms with Crippen molar-refractivity contribution in [3.63, 3.8) is 0 Å². The molecule has 0 aromatic heterocycles. The lowest BCUT2D eigenvalue weighted by atomic mass is 9.75. The molecular weight excluding hydrogens is 737 g/mol. The zero-order valence-corrected chi connectivity index (χ0v) is 36.8. The number of para-hydroxylation sites is 1. The predicted molar refractivity (Wildman–Crippen MR) is 235 cm³/mol. The van der Waals surface area contributed by atoms with Gasteiger partial charge in [0.25, 0.3) is 0 Å². The van der Waals surface area contributed by atoms with E-state index in [1.54, 1.807) is 0 Å². The Balaban J connectivity index is 1.50. The maximum atomic E-state index is 12.9. The fourth-order valence-electron chi connectivity index (χ4n) is 8.87. The summed E-state index contributed by atoms with van der Waals surface area (Å²) in [5, 5.41) is 0. The number of carbonyl (C=O) groups excluding carboxylic acids is 2. The van der Waals surface area contributed by atoms with Crippen molar-refractivity contribution in [1.29, 1.82) is 0 Å². The second-order valence-corrected chi connectivity index (χ2v) is 18.7. The molecule has 4 aromatic rings. The van der Waals surface area contributed by atoms with Crippen LogP contribution in [0.25, 0.3) is 0 Å². The Morgan fingerprint density at radius 2 is 0.983 bits per heavy atom. The fourth-order valence-corrected chi connectivity index (χ4v) is 8.87. The van der Waals surface area contributed by atoms with Crippen molar-refractivity contribution in [2.45, 2.75) is 155 Å². The molecule has 2 fully saturated rings. The molecule has 316 valence electrons. The second kappa shape index (κ2) is 19.5. The van der Waals surface area contributed by atoms with E-state index < -0.39 is 11.2 Å². The molecule has 0 unspecified atom stereocenters. The quantitative estimate of drug-likeness (QED) is 0.0927. The van der Waals surface area contributed by atoms with Gasteiger partial charge in [0.2, 0.25) is 0 Å². The second-order valence-electron chi connectivity index (χ2n) is 18.7. The first-order chi connectivity index (χ1) is 28.1. The Labute approximate surface area is 353 Å². The van der Waals surface area contributed by atoms with E-state index in [0.717, 1.165) is 102 Å². The van der Waals surface area contributed by atoms with Gasteiger partial charge in [0.1, 0.15) is 35.1 Å². The molecule has 6 rings (SSSR count). The fraction of sp³-hybridized carbons (Fsp3) is 0.500. The number of rotatable bonds is 14. The van der Waals surface area contributed by atoms with E-state index >= 15 is 0 Å². The molecule has 7 heteroatoms. The minimum absolute atomic E-state index is 0.149. The highest BCUT2D eigenvalue weighted by atomic mass is 16.6. The lowest BCUT2D eigenvalue weighted by Crippen LogP contribution is -2.27. The molecule has 0 saturated heterocycles. The first kappa shape index (κ1) is 43.8. The molecule has 0 bridgehead atoms. The lowest BCUT2D eigenvalue weighted by Gasteiger charge is -2.31. The molecule has 0 spiro atoms. The van der Waals surface area contributed by atoms with Gasteiger partial charge in [0, 0.05) is 11.5 Å². The Hall–Kier alpha value is -4.78. The van der Waals surface area contributed by atoms with Crippen LogP contribution >= 0.6 is 0 Å². The van der Waals surface area contributed by atoms with Crippen molar-refractivity contribution >= 4 is 11.9 Å².